The Morgan fingerprint density at radius 3 is 2.50 bits per heavy atom. The molecule has 1 aromatic carbocycles. The highest BCUT2D eigenvalue weighted by Crippen LogP contribution is 2.29. The van der Waals surface area contributed by atoms with Crippen molar-refractivity contribution in [3.63, 3.8) is 0 Å². The van der Waals surface area contributed by atoms with Crippen molar-refractivity contribution >= 4 is 0 Å². The zero-order valence-corrected chi connectivity index (χ0v) is 17.3. The first-order chi connectivity index (χ1) is 13.8. The largest absolute Gasteiger partial charge is 0.322 e. The summed E-state index contributed by atoms with van der Waals surface area (Å²) >= 11 is 0. The number of rotatable bonds is 7. The van der Waals surface area contributed by atoms with Crippen LogP contribution in [-0.2, 0) is 6.54 Å². The van der Waals surface area contributed by atoms with Gasteiger partial charge < -0.3 is 9.80 Å². The van der Waals surface area contributed by atoms with E-state index in [9.17, 15) is 0 Å². The third-order valence-corrected chi connectivity index (χ3v) is 6.72. The van der Waals surface area contributed by atoms with Crippen LogP contribution in [0.1, 0.15) is 75.3 Å². The molecule has 0 spiro atoms. The fourth-order valence-corrected chi connectivity index (χ4v) is 5.15. The van der Waals surface area contributed by atoms with Gasteiger partial charge in [-0.2, -0.15) is 0 Å². The first-order valence-corrected chi connectivity index (χ1v) is 11.3. The molecule has 1 saturated carbocycles. The van der Waals surface area contributed by atoms with Gasteiger partial charge in [0.15, 0.2) is 0 Å². The summed E-state index contributed by atoms with van der Waals surface area (Å²) in [7, 11) is 0. The fraction of sp³-hybridized carbons (Fsp3) is 0.682. The number of benzene rings is 1. The molecule has 1 aliphatic carbocycles. The molecule has 2 fully saturated rings. The zero-order chi connectivity index (χ0) is 19.2. The summed E-state index contributed by atoms with van der Waals surface area (Å²) in [6.45, 7) is 8.32. The van der Waals surface area contributed by atoms with Crippen molar-refractivity contribution in [2.75, 3.05) is 26.2 Å². The SMILES string of the molecule is CCC[C@@H](c1nnnn1C1CCCCC1)[NH+]1CC[NH+](Cc2ccccc2)CC1. The van der Waals surface area contributed by atoms with Crippen LogP contribution in [0.25, 0.3) is 0 Å². The minimum atomic E-state index is 0.445. The number of piperazine rings is 1. The molecule has 1 aromatic heterocycles. The summed E-state index contributed by atoms with van der Waals surface area (Å²) < 4.78 is 2.20. The molecule has 6 heteroatoms. The third-order valence-electron chi connectivity index (χ3n) is 6.72. The Kier molecular flexibility index (Phi) is 6.70. The van der Waals surface area contributed by atoms with Gasteiger partial charge in [-0.1, -0.05) is 62.9 Å². The molecule has 0 amide bonds. The predicted octanol–water partition coefficient (Wildman–Crippen LogP) is 1.00. The van der Waals surface area contributed by atoms with Crippen LogP contribution < -0.4 is 9.80 Å². The van der Waals surface area contributed by atoms with Gasteiger partial charge >= 0.3 is 0 Å². The lowest BCUT2D eigenvalue weighted by Crippen LogP contribution is -3.27. The van der Waals surface area contributed by atoms with Crippen LogP contribution in [0.3, 0.4) is 0 Å². The van der Waals surface area contributed by atoms with Gasteiger partial charge in [0.25, 0.3) is 0 Å². The summed E-state index contributed by atoms with van der Waals surface area (Å²) in [5.41, 5.74) is 1.45. The predicted molar refractivity (Wildman–Crippen MR) is 109 cm³/mol. The summed E-state index contributed by atoms with van der Waals surface area (Å²) in [4.78, 5) is 3.39. The van der Waals surface area contributed by atoms with Crippen molar-refractivity contribution in [2.45, 2.75) is 70.5 Å². The molecule has 1 aliphatic heterocycles. The smallest absolute Gasteiger partial charge is 0.209 e. The van der Waals surface area contributed by atoms with Gasteiger partial charge in [0.1, 0.15) is 38.8 Å². The Morgan fingerprint density at radius 1 is 1.04 bits per heavy atom. The summed E-state index contributed by atoms with van der Waals surface area (Å²) in [6, 6.07) is 11.9. The lowest BCUT2D eigenvalue weighted by Gasteiger charge is -2.34. The van der Waals surface area contributed by atoms with Crippen molar-refractivity contribution in [2.24, 2.45) is 0 Å². The van der Waals surface area contributed by atoms with E-state index in [0.29, 0.717) is 12.1 Å². The number of aromatic nitrogens is 4. The molecule has 0 unspecified atom stereocenters. The van der Waals surface area contributed by atoms with Crippen LogP contribution in [0.4, 0.5) is 0 Å². The molecule has 2 aromatic rings. The molecule has 28 heavy (non-hydrogen) atoms. The quantitative estimate of drug-likeness (QED) is 0.749. The van der Waals surface area contributed by atoms with E-state index in [-0.39, 0.29) is 0 Å². The maximum absolute atomic E-state index is 4.55. The first-order valence-electron chi connectivity index (χ1n) is 11.3. The van der Waals surface area contributed by atoms with E-state index in [4.69, 9.17) is 0 Å². The number of nitrogens with one attached hydrogen (secondary N) is 2. The number of tetrazole rings is 1. The number of quaternary nitrogens is 2. The highest BCUT2D eigenvalue weighted by Gasteiger charge is 2.35. The zero-order valence-electron chi connectivity index (χ0n) is 17.3. The van der Waals surface area contributed by atoms with Gasteiger partial charge in [0, 0.05) is 12.0 Å². The van der Waals surface area contributed by atoms with Gasteiger partial charge in [-0.25, -0.2) is 4.68 Å². The molecule has 6 nitrogen and oxygen atoms in total. The van der Waals surface area contributed by atoms with Crippen molar-refractivity contribution in [1.82, 2.24) is 20.2 Å². The fourth-order valence-electron chi connectivity index (χ4n) is 5.15. The molecular formula is C22H36N6+2. The molecule has 2 heterocycles. The molecule has 0 bridgehead atoms. The van der Waals surface area contributed by atoms with E-state index >= 15 is 0 Å². The minimum Gasteiger partial charge on any atom is -0.322 e. The Labute approximate surface area is 168 Å². The Morgan fingerprint density at radius 2 is 1.79 bits per heavy atom. The minimum absolute atomic E-state index is 0.445. The van der Waals surface area contributed by atoms with Crippen LogP contribution in [0.15, 0.2) is 30.3 Å². The first kappa shape index (κ1) is 19.5. The van der Waals surface area contributed by atoms with Gasteiger partial charge in [-0.05, 0) is 23.3 Å². The van der Waals surface area contributed by atoms with Crippen molar-refractivity contribution in [3.8, 4) is 0 Å². The Balaban J connectivity index is 1.41. The second kappa shape index (κ2) is 9.61. The summed E-state index contributed by atoms with van der Waals surface area (Å²) in [5.74, 6) is 1.15. The van der Waals surface area contributed by atoms with E-state index in [1.54, 1.807) is 9.80 Å². The standard InChI is InChI=1S/C22H34N6/c1-2-9-21(22-23-24-25-28(22)20-12-7-4-8-13-20)27-16-14-26(15-17-27)18-19-10-5-3-6-11-19/h3,5-6,10-11,20-21H,2,4,7-9,12-18H2,1H3/p+2/t21-/m0/s1. The number of nitrogens with zero attached hydrogens (tertiary/aromatic N) is 4. The van der Waals surface area contributed by atoms with Gasteiger partial charge in [0.05, 0.1) is 6.04 Å². The van der Waals surface area contributed by atoms with E-state index in [1.165, 1.54) is 76.7 Å². The van der Waals surface area contributed by atoms with Crippen LogP contribution in [-0.4, -0.2) is 46.4 Å². The van der Waals surface area contributed by atoms with Crippen LogP contribution in [0, 0.1) is 0 Å². The Hall–Kier alpha value is -1.79. The second-order valence-corrected chi connectivity index (χ2v) is 8.69. The molecule has 2 N–H and O–H groups in total. The molecule has 1 saturated heterocycles. The highest BCUT2D eigenvalue weighted by molar-refractivity contribution is 5.13. The maximum atomic E-state index is 4.55. The van der Waals surface area contributed by atoms with E-state index in [0.717, 1.165) is 12.4 Å². The normalized spacial score (nSPS) is 24.9. The van der Waals surface area contributed by atoms with Crippen LogP contribution >= 0.6 is 0 Å². The lowest BCUT2D eigenvalue weighted by atomic mass is 9.95. The molecule has 152 valence electrons. The molecule has 1 atom stereocenters. The highest BCUT2D eigenvalue weighted by atomic mass is 15.6. The molecule has 2 aliphatic rings. The number of hydrogen-bond acceptors (Lipinski definition) is 3. The van der Waals surface area contributed by atoms with E-state index in [1.807, 2.05) is 0 Å². The second-order valence-electron chi connectivity index (χ2n) is 8.69. The summed E-state index contributed by atoms with van der Waals surface area (Å²) in [6.07, 6.45) is 8.84. The van der Waals surface area contributed by atoms with Crippen molar-refractivity contribution < 1.29 is 9.80 Å². The van der Waals surface area contributed by atoms with Gasteiger partial charge in [0.2, 0.25) is 5.82 Å². The van der Waals surface area contributed by atoms with Crippen LogP contribution in [0.5, 0.6) is 0 Å². The molecule has 4 rings (SSSR count). The summed E-state index contributed by atoms with van der Waals surface area (Å²) in [5, 5.41) is 13.1. The van der Waals surface area contributed by atoms with E-state index < -0.39 is 0 Å². The monoisotopic (exact) mass is 384 g/mol. The molecular weight excluding hydrogens is 348 g/mol. The number of hydrogen-bond donors (Lipinski definition) is 2. The Bertz CT molecular complexity index is 701. The van der Waals surface area contributed by atoms with Crippen molar-refractivity contribution in [1.29, 1.82) is 0 Å². The van der Waals surface area contributed by atoms with Gasteiger partial charge in [-0.3, -0.25) is 0 Å². The average Bonchev–Trinajstić information content (AvgIpc) is 3.24. The van der Waals surface area contributed by atoms with Crippen LogP contribution in [0.2, 0.25) is 0 Å². The average molecular weight is 385 g/mol. The third kappa shape index (κ3) is 4.61. The topological polar surface area (TPSA) is 52.5 Å². The van der Waals surface area contributed by atoms with Gasteiger partial charge in [-0.15, -0.1) is 5.10 Å². The lowest BCUT2D eigenvalue weighted by molar-refractivity contribution is -1.03. The van der Waals surface area contributed by atoms with Crippen molar-refractivity contribution in [3.05, 3.63) is 41.7 Å². The van der Waals surface area contributed by atoms with E-state index in [2.05, 4.69) is 57.5 Å². The molecule has 0 radical (unpaired) electrons. The maximum Gasteiger partial charge on any atom is 0.209 e.